The first-order chi connectivity index (χ1) is 15.5. The molecular weight excluding hydrogens is 470 g/mol. The molecule has 4 rings (SSSR count). The number of hydrogen-bond acceptors (Lipinski definition) is 7. The molecule has 10 heteroatoms. The van der Waals surface area contributed by atoms with Crippen LogP contribution in [0.15, 0.2) is 63.9 Å². The molecule has 7 nitrogen and oxygen atoms in total. The zero-order chi connectivity index (χ0) is 22.7. The highest BCUT2D eigenvalue weighted by Crippen LogP contribution is 2.30. The van der Waals surface area contributed by atoms with Gasteiger partial charge in [0.15, 0.2) is 5.16 Å². The summed E-state index contributed by atoms with van der Waals surface area (Å²) in [7, 11) is 3.07. The van der Waals surface area contributed by atoms with Gasteiger partial charge in [0.25, 0.3) is 5.56 Å². The minimum absolute atomic E-state index is 0.0377. The monoisotopic (exact) mass is 487 g/mol. The lowest BCUT2D eigenvalue weighted by Crippen LogP contribution is -2.22. The van der Waals surface area contributed by atoms with Crippen molar-refractivity contribution in [2.24, 2.45) is 0 Å². The van der Waals surface area contributed by atoms with E-state index in [1.165, 1.54) is 34.8 Å². The number of aromatic nitrogens is 2. The van der Waals surface area contributed by atoms with Crippen LogP contribution in [0.2, 0.25) is 5.02 Å². The minimum Gasteiger partial charge on any atom is -0.497 e. The zero-order valence-corrected chi connectivity index (χ0v) is 19.5. The van der Waals surface area contributed by atoms with E-state index >= 15 is 0 Å². The maximum absolute atomic E-state index is 13.1. The molecule has 1 amide bonds. The van der Waals surface area contributed by atoms with Gasteiger partial charge in [0.2, 0.25) is 5.91 Å². The number of hydrogen-bond donors (Lipinski definition) is 1. The van der Waals surface area contributed by atoms with Crippen molar-refractivity contribution in [2.75, 3.05) is 25.3 Å². The molecule has 0 spiro atoms. The van der Waals surface area contributed by atoms with Gasteiger partial charge in [-0.25, -0.2) is 4.98 Å². The molecule has 0 aliphatic rings. The summed E-state index contributed by atoms with van der Waals surface area (Å²) in [5.41, 5.74) is 1.53. The molecule has 0 fully saturated rings. The number of benzene rings is 2. The first-order valence-corrected chi connectivity index (χ1v) is 11.7. The third-order valence-electron chi connectivity index (χ3n) is 4.55. The number of anilines is 1. The van der Waals surface area contributed by atoms with E-state index in [9.17, 15) is 9.59 Å². The van der Waals surface area contributed by atoms with E-state index in [-0.39, 0.29) is 17.2 Å². The molecule has 0 aliphatic heterocycles. The van der Waals surface area contributed by atoms with Crippen LogP contribution in [0.5, 0.6) is 11.5 Å². The van der Waals surface area contributed by atoms with Crippen LogP contribution in [-0.2, 0) is 4.79 Å². The number of amides is 1. The van der Waals surface area contributed by atoms with Gasteiger partial charge in [-0.1, -0.05) is 23.4 Å². The molecular formula is C22H18ClN3O4S2. The van der Waals surface area contributed by atoms with Gasteiger partial charge < -0.3 is 14.8 Å². The zero-order valence-electron chi connectivity index (χ0n) is 17.1. The lowest BCUT2D eigenvalue weighted by molar-refractivity contribution is -0.113. The molecule has 0 saturated carbocycles. The predicted octanol–water partition coefficient (Wildman–Crippen LogP) is 4.85. The molecule has 0 radical (unpaired) electrons. The van der Waals surface area contributed by atoms with E-state index in [0.29, 0.717) is 43.3 Å². The van der Waals surface area contributed by atoms with Crippen molar-refractivity contribution in [1.29, 1.82) is 0 Å². The molecule has 32 heavy (non-hydrogen) atoms. The molecule has 1 N–H and O–H groups in total. The highest BCUT2D eigenvalue weighted by molar-refractivity contribution is 7.99. The Bertz CT molecular complexity index is 1340. The number of rotatable bonds is 7. The molecule has 0 aliphatic carbocycles. The van der Waals surface area contributed by atoms with Gasteiger partial charge in [-0.2, -0.15) is 0 Å². The van der Waals surface area contributed by atoms with Crippen LogP contribution in [-0.4, -0.2) is 35.4 Å². The van der Waals surface area contributed by atoms with Crippen molar-refractivity contribution in [3.05, 3.63) is 69.3 Å². The Morgan fingerprint density at radius 1 is 1.16 bits per heavy atom. The topological polar surface area (TPSA) is 82.5 Å². The average molecular weight is 488 g/mol. The summed E-state index contributed by atoms with van der Waals surface area (Å²) in [4.78, 5) is 30.4. The van der Waals surface area contributed by atoms with Gasteiger partial charge in [0.1, 0.15) is 16.2 Å². The Balaban J connectivity index is 1.62. The summed E-state index contributed by atoms with van der Waals surface area (Å²) < 4.78 is 12.6. The Morgan fingerprint density at radius 2 is 1.94 bits per heavy atom. The molecule has 2 aromatic carbocycles. The second-order valence-electron chi connectivity index (χ2n) is 6.55. The number of nitrogens with one attached hydrogen (secondary N) is 1. The fourth-order valence-electron chi connectivity index (χ4n) is 3.03. The highest BCUT2D eigenvalue weighted by atomic mass is 35.5. The lowest BCUT2D eigenvalue weighted by atomic mass is 10.2. The van der Waals surface area contributed by atoms with E-state index in [4.69, 9.17) is 21.1 Å². The van der Waals surface area contributed by atoms with Crippen molar-refractivity contribution < 1.29 is 14.3 Å². The fourth-order valence-corrected chi connectivity index (χ4v) is 4.73. The molecule has 4 aromatic rings. The predicted molar refractivity (Wildman–Crippen MR) is 129 cm³/mol. The third-order valence-corrected chi connectivity index (χ3v) is 6.63. The largest absolute Gasteiger partial charge is 0.497 e. The van der Waals surface area contributed by atoms with Gasteiger partial charge >= 0.3 is 0 Å². The molecule has 2 aromatic heterocycles. The van der Waals surface area contributed by atoms with Crippen molar-refractivity contribution in [3.8, 4) is 17.2 Å². The van der Waals surface area contributed by atoms with Gasteiger partial charge in [0.05, 0.1) is 36.9 Å². The first kappa shape index (κ1) is 22.2. The van der Waals surface area contributed by atoms with Crippen LogP contribution in [0.1, 0.15) is 0 Å². The normalized spacial score (nSPS) is 10.8. The summed E-state index contributed by atoms with van der Waals surface area (Å²) in [5.74, 6) is 0.870. The summed E-state index contributed by atoms with van der Waals surface area (Å²) in [5, 5.41) is 5.62. The first-order valence-electron chi connectivity index (χ1n) is 9.41. The van der Waals surface area contributed by atoms with Crippen LogP contribution in [0, 0.1) is 0 Å². The third kappa shape index (κ3) is 4.59. The van der Waals surface area contributed by atoms with Crippen LogP contribution in [0.25, 0.3) is 15.9 Å². The molecule has 0 bridgehead atoms. The SMILES string of the molecule is COc1ccc(OC)c(NC(=O)CSc2nc3ccsc3c(=O)n2-c2ccc(Cl)cc2)c1. The van der Waals surface area contributed by atoms with Gasteiger partial charge in [-0.15, -0.1) is 11.3 Å². The second-order valence-corrected chi connectivity index (χ2v) is 8.84. The Kier molecular flexibility index (Phi) is 6.69. The van der Waals surface area contributed by atoms with E-state index in [1.54, 1.807) is 55.6 Å². The number of carbonyl (C=O) groups is 1. The maximum atomic E-state index is 13.1. The summed E-state index contributed by atoms with van der Waals surface area (Å²) in [6, 6.07) is 13.8. The van der Waals surface area contributed by atoms with E-state index in [2.05, 4.69) is 10.3 Å². The fraction of sp³-hybridized carbons (Fsp3) is 0.136. The van der Waals surface area contributed by atoms with Crippen molar-refractivity contribution >= 4 is 56.5 Å². The van der Waals surface area contributed by atoms with Crippen LogP contribution >= 0.6 is 34.7 Å². The van der Waals surface area contributed by atoms with Gasteiger partial charge in [-0.3, -0.25) is 14.2 Å². The van der Waals surface area contributed by atoms with E-state index in [1.807, 2.05) is 5.38 Å². The lowest BCUT2D eigenvalue weighted by Gasteiger charge is -2.13. The summed E-state index contributed by atoms with van der Waals surface area (Å²) in [6.07, 6.45) is 0. The number of carbonyl (C=O) groups excluding carboxylic acids is 1. The van der Waals surface area contributed by atoms with Crippen LogP contribution < -0.4 is 20.3 Å². The quantitative estimate of drug-likeness (QED) is 0.296. The number of thiophene rings is 1. The van der Waals surface area contributed by atoms with Crippen molar-refractivity contribution in [2.45, 2.75) is 5.16 Å². The van der Waals surface area contributed by atoms with Crippen LogP contribution in [0.3, 0.4) is 0 Å². The maximum Gasteiger partial charge on any atom is 0.276 e. The molecule has 0 saturated heterocycles. The smallest absolute Gasteiger partial charge is 0.276 e. The number of fused-ring (bicyclic) bond motifs is 1. The second kappa shape index (κ2) is 9.64. The Hall–Kier alpha value is -3.01. The van der Waals surface area contributed by atoms with Gasteiger partial charge in [0, 0.05) is 11.1 Å². The highest BCUT2D eigenvalue weighted by Gasteiger charge is 2.16. The minimum atomic E-state index is -0.274. The average Bonchev–Trinajstić information content (AvgIpc) is 3.27. The standard InChI is InChI=1S/C22H18ClN3O4S2/c1-29-15-7-8-18(30-2)17(11-15)24-19(27)12-32-22-25-16-9-10-31-20(16)21(28)26(22)14-5-3-13(23)4-6-14/h3-11H,12H2,1-2H3,(H,24,27). The molecule has 0 atom stereocenters. The van der Waals surface area contributed by atoms with E-state index < -0.39 is 0 Å². The van der Waals surface area contributed by atoms with E-state index in [0.717, 1.165) is 0 Å². The molecule has 0 unspecified atom stereocenters. The van der Waals surface area contributed by atoms with Crippen molar-refractivity contribution in [3.63, 3.8) is 0 Å². The number of methoxy groups -OCH3 is 2. The Labute approximate surface area is 197 Å². The van der Waals surface area contributed by atoms with Gasteiger partial charge in [-0.05, 0) is 47.8 Å². The number of halogens is 1. The molecule has 164 valence electrons. The summed E-state index contributed by atoms with van der Waals surface area (Å²) >= 11 is 8.50. The van der Waals surface area contributed by atoms with Crippen LogP contribution in [0.4, 0.5) is 5.69 Å². The van der Waals surface area contributed by atoms with Crippen molar-refractivity contribution in [1.82, 2.24) is 9.55 Å². The number of nitrogens with zero attached hydrogens (tertiary/aromatic N) is 2. The number of ether oxygens (including phenoxy) is 2. The Morgan fingerprint density at radius 3 is 2.66 bits per heavy atom. The molecule has 2 heterocycles. The number of thioether (sulfide) groups is 1. The summed E-state index contributed by atoms with van der Waals surface area (Å²) in [6.45, 7) is 0.